The number of hydrogen-bond acceptors (Lipinski definition) is 5. The average molecular weight is 432 g/mol. The molecule has 1 aliphatic heterocycles. The van der Waals surface area contributed by atoms with Gasteiger partial charge in [0.1, 0.15) is 11.4 Å². The Balaban J connectivity index is 1.41. The number of amides is 1. The number of carbonyl (C=O) groups is 1. The van der Waals surface area contributed by atoms with Crippen LogP contribution in [0.5, 0.6) is 0 Å². The van der Waals surface area contributed by atoms with Crippen molar-refractivity contribution in [2.75, 3.05) is 25.0 Å². The van der Waals surface area contributed by atoms with Crippen LogP contribution in [-0.4, -0.2) is 54.9 Å². The van der Waals surface area contributed by atoms with Gasteiger partial charge in [-0.25, -0.2) is 9.97 Å². The lowest BCUT2D eigenvalue weighted by molar-refractivity contribution is -0.127. The van der Waals surface area contributed by atoms with E-state index >= 15 is 0 Å². The number of nitrogens with one attached hydrogen (secondary N) is 3. The highest BCUT2D eigenvalue weighted by atomic mass is 16.2. The summed E-state index contributed by atoms with van der Waals surface area (Å²) >= 11 is 0. The van der Waals surface area contributed by atoms with Crippen LogP contribution in [0.2, 0.25) is 0 Å². The molecule has 0 atom stereocenters. The SMILES string of the molecule is Cc1cc(-n2ccnc2)cc2[nH]c(-c3c(NCCCN4CCCC4=O)cc[nH]c3=O)nc12. The van der Waals surface area contributed by atoms with Gasteiger partial charge in [-0.15, -0.1) is 0 Å². The maximum atomic E-state index is 12.7. The maximum Gasteiger partial charge on any atom is 0.261 e. The van der Waals surface area contributed by atoms with Gasteiger partial charge in [0.2, 0.25) is 5.91 Å². The number of rotatable bonds is 7. The van der Waals surface area contributed by atoms with Crippen molar-refractivity contribution in [3.8, 4) is 17.1 Å². The predicted octanol–water partition coefficient (Wildman–Crippen LogP) is 2.84. The Morgan fingerprint density at radius 2 is 2.16 bits per heavy atom. The Labute approximate surface area is 184 Å². The Morgan fingerprint density at radius 3 is 2.94 bits per heavy atom. The van der Waals surface area contributed by atoms with Crippen molar-refractivity contribution in [2.45, 2.75) is 26.2 Å². The quantitative estimate of drug-likeness (QED) is 0.390. The molecule has 1 amide bonds. The van der Waals surface area contributed by atoms with Crippen molar-refractivity contribution in [3.05, 3.63) is 59.0 Å². The number of aromatic amines is 2. The van der Waals surface area contributed by atoms with E-state index in [1.165, 1.54) is 0 Å². The first-order valence-electron chi connectivity index (χ1n) is 10.8. The fourth-order valence-corrected chi connectivity index (χ4v) is 4.25. The lowest BCUT2D eigenvalue weighted by atomic mass is 10.2. The van der Waals surface area contributed by atoms with E-state index in [2.05, 4.69) is 20.3 Å². The minimum absolute atomic E-state index is 0.212. The van der Waals surface area contributed by atoms with E-state index in [0.29, 0.717) is 30.0 Å². The summed E-state index contributed by atoms with van der Waals surface area (Å²) in [6.45, 7) is 4.23. The fourth-order valence-electron chi connectivity index (χ4n) is 4.25. The van der Waals surface area contributed by atoms with E-state index in [1.54, 1.807) is 18.7 Å². The van der Waals surface area contributed by atoms with E-state index < -0.39 is 0 Å². The first kappa shape index (κ1) is 20.0. The molecule has 0 unspecified atom stereocenters. The summed E-state index contributed by atoms with van der Waals surface area (Å²) in [7, 11) is 0. The summed E-state index contributed by atoms with van der Waals surface area (Å²) < 4.78 is 1.93. The zero-order valence-corrected chi connectivity index (χ0v) is 17.9. The Morgan fingerprint density at radius 1 is 1.25 bits per heavy atom. The van der Waals surface area contributed by atoms with Crippen LogP contribution in [0, 0.1) is 6.92 Å². The number of benzene rings is 1. The van der Waals surface area contributed by atoms with Gasteiger partial charge < -0.3 is 24.8 Å². The highest BCUT2D eigenvalue weighted by Crippen LogP contribution is 2.27. The Bertz CT molecular complexity index is 1320. The van der Waals surface area contributed by atoms with E-state index in [4.69, 9.17) is 4.98 Å². The summed E-state index contributed by atoms with van der Waals surface area (Å²) in [5.74, 6) is 0.750. The van der Waals surface area contributed by atoms with E-state index in [-0.39, 0.29) is 11.5 Å². The molecule has 9 heteroatoms. The third kappa shape index (κ3) is 3.77. The molecule has 1 aromatic carbocycles. The molecule has 5 rings (SSSR count). The number of likely N-dealkylation sites (tertiary alicyclic amines) is 1. The maximum absolute atomic E-state index is 12.7. The van der Waals surface area contributed by atoms with Crippen molar-refractivity contribution in [2.24, 2.45) is 0 Å². The molecule has 0 saturated carbocycles. The number of fused-ring (bicyclic) bond motifs is 1. The van der Waals surface area contributed by atoms with E-state index in [1.807, 2.05) is 40.8 Å². The lowest BCUT2D eigenvalue weighted by Gasteiger charge is -2.16. The van der Waals surface area contributed by atoms with Gasteiger partial charge in [0, 0.05) is 50.3 Å². The largest absolute Gasteiger partial charge is 0.384 e. The zero-order chi connectivity index (χ0) is 22.1. The molecule has 0 bridgehead atoms. The molecule has 1 aliphatic rings. The summed E-state index contributed by atoms with van der Waals surface area (Å²) in [5.41, 5.74) is 4.63. The van der Waals surface area contributed by atoms with Crippen molar-refractivity contribution >= 4 is 22.6 Å². The highest BCUT2D eigenvalue weighted by Gasteiger charge is 2.19. The van der Waals surface area contributed by atoms with Crippen LogP contribution in [0.4, 0.5) is 5.69 Å². The minimum Gasteiger partial charge on any atom is -0.384 e. The van der Waals surface area contributed by atoms with Crippen LogP contribution in [-0.2, 0) is 4.79 Å². The Hall–Kier alpha value is -3.88. The van der Waals surface area contributed by atoms with Crippen LogP contribution in [0.15, 0.2) is 47.9 Å². The van der Waals surface area contributed by atoms with Gasteiger partial charge in [0.25, 0.3) is 5.56 Å². The monoisotopic (exact) mass is 431 g/mol. The van der Waals surface area contributed by atoms with Crippen molar-refractivity contribution in [1.29, 1.82) is 0 Å². The van der Waals surface area contributed by atoms with Crippen LogP contribution < -0.4 is 10.9 Å². The first-order valence-corrected chi connectivity index (χ1v) is 10.8. The summed E-state index contributed by atoms with van der Waals surface area (Å²) in [6, 6.07) is 5.88. The number of aryl methyl sites for hydroxylation is 1. The van der Waals surface area contributed by atoms with Crippen LogP contribution in [0.25, 0.3) is 28.1 Å². The van der Waals surface area contributed by atoms with Gasteiger partial charge in [-0.1, -0.05) is 0 Å². The standard InChI is InChI=1S/C23H25N7O2/c1-15-12-16(30-11-8-24-14-30)13-18-21(15)28-22(27-18)20-17(5-7-26-23(20)32)25-6-3-10-29-9-2-4-19(29)31/h5,7-8,11-14H,2-4,6,9-10H2,1H3,(H,27,28)(H2,25,26,32). The molecule has 1 fully saturated rings. The van der Waals surface area contributed by atoms with Gasteiger partial charge in [0.05, 0.1) is 23.0 Å². The van der Waals surface area contributed by atoms with E-state index in [9.17, 15) is 9.59 Å². The molecule has 3 aromatic heterocycles. The van der Waals surface area contributed by atoms with Gasteiger partial charge >= 0.3 is 0 Å². The molecule has 1 saturated heterocycles. The number of aromatic nitrogens is 5. The van der Waals surface area contributed by atoms with Crippen molar-refractivity contribution in [1.82, 2.24) is 29.4 Å². The number of carbonyl (C=O) groups excluding carboxylic acids is 1. The van der Waals surface area contributed by atoms with Gasteiger partial charge in [0.15, 0.2) is 0 Å². The van der Waals surface area contributed by atoms with Gasteiger partial charge in [-0.3, -0.25) is 9.59 Å². The molecule has 3 N–H and O–H groups in total. The average Bonchev–Trinajstić information content (AvgIpc) is 3.52. The predicted molar refractivity (Wildman–Crippen MR) is 123 cm³/mol. The molecular formula is C23H25N7O2. The second-order valence-electron chi connectivity index (χ2n) is 8.07. The van der Waals surface area contributed by atoms with Crippen LogP contribution in [0.3, 0.4) is 0 Å². The number of anilines is 1. The number of H-pyrrole nitrogens is 2. The third-order valence-corrected chi connectivity index (χ3v) is 5.85. The number of hydrogen-bond donors (Lipinski definition) is 3. The first-order chi connectivity index (χ1) is 15.6. The minimum atomic E-state index is -0.212. The number of pyridine rings is 1. The second kappa shape index (κ2) is 8.33. The number of nitrogens with zero attached hydrogens (tertiary/aromatic N) is 4. The van der Waals surface area contributed by atoms with Crippen molar-refractivity contribution in [3.63, 3.8) is 0 Å². The second-order valence-corrected chi connectivity index (χ2v) is 8.07. The summed E-state index contributed by atoms with van der Waals surface area (Å²) in [6.07, 6.45) is 9.40. The summed E-state index contributed by atoms with van der Waals surface area (Å²) in [4.78, 5) is 41.3. The fraction of sp³-hybridized carbons (Fsp3) is 0.304. The molecular weight excluding hydrogens is 406 g/mol. The third-order valence-electron chi connectivity index (χ3n) is 5.85. The molecule has 0 radical (unpaired) electrons. The van der Waals surface area contributed by atoms with Crippen molar-refractivity contribution < 1.29 is 4.79 Å². The lowest BCUT2D eigenvalue weighted by Crippen LogP contribution is -2.27. The zero-order valence-electron chi connectivity index (χ0n) is 17.9. The highest BCUT2D eigenvalue weighted by molar-refractivity contribution is 5.86. The van der Waals surface area contributed by atoms with Gasteiger partial charge in [-0.2, -0.15) is 0 Å². The van der Waals surface area contributed by atoms with Gasteiger partial charge in [-0.05, 0) is 43.5 Å². The molecule has 4 aromatic rings. The normalized spacial score (nSPS) is 13.9. The van der Waals surface area contributed by atoms with E-state index in [0.717, 1.165) is 48.2 Å². The molecule has 32 heavy (non-hydrogen) atoms. The molecule has 4 heterocycles. The Kier molecular flexibility index (Phi) is 5.22. The smallest absolute Gasteiger partial charge is 0.261 e. The molecule has 0 spiro atoms. The number of imidazole rings is 2. The molecule has 0 aliphatic carbocycles. The summed E-state index contributed by atoms with van der Waals surface area (Å²) in [5, 5.41) is 3.35. The van der Waals surface area contributed by atoms with Crippen LogP contribution >= 0.6 is 0 Å². The van der Waals surface area contributed by atoms with Crippen LogP contribution in [0.1, 0.15) is 24.8 Å². The molecule has 164 valence electrons. The topological polar surface area (TPSA) is 112 Å². The molecule has 9 nitrogen and oxygen atoms in total.